The fraction of sp³-hybridized carbons (Fsp3) is 0.353. The van der Waals surface area contributed by atoms with Gasteiger partial charge in [0.2, 0.25) is 5.91 Å². The maximum Gasteiger partial charge on any atom is 0.244 e. The van der Waals surface area contributed by atoms with Crippen LogP contribution in [0.25, 0.3) is 6.08 Å². The molecule has 2 rings (SSSR count). The van der Waals surface area contributed by atoms with E-state index >= 15 is 0 Å². The van der Waals surface area contributed by atoms with E-state index in [2.05, 4.69) is 29.4 Å². The molecule has 128 valence electrons. The molecule has 1 aromatic carbocycles. The summed E-state index contributed by atoms with van der Waals surface area (Å²) in [7, 11) is 1.88. The molecular formula is C17H21FN4OS. The van der Waals surface area contributed by atoms with Crippen molar-refractivity contribution in [3.8, 4) is 0 Å². The van der Waals surface area contributed by atoms with Gasteiger partial charge in [0, 0.05) is 18.9 Å². The van der Waals surface area contributed by atoms with Crippen LogP contribution < -0.4 is 5.32 Å². The number of carbonyl (C=O) groups excluding carboxylic acids is 1. The van der Waals surface area contributed by atoms with Crippen LogP contribution >= 0.6 is 11.8 Å². The third-order valence-corrected chi connectivity index (χ3v) is 4.61. The van der Waals surface area contributed by atoms with Crippen LogP contribution in [0.4, 0.5) is 4.39 Å². The van der Waals surface area contributed by atoms with Gasteiger partial charge in [-0.05, 0) is 29.7 Å². The number of hydrogen-bond acceptors (Lipinski definition) is 4. The van der Waals surface area contributed by atoms with E-state index in [9.17, 15) is 9.18 Å². The lowest BCUT2D eigenvalue weighted by Gasteiger charge is -2.05. The van der Waals surface area contributed by atoms with Crippen LogP contribution in [-0.4, -0.2) is 26.4 Å². The number of hydrogen-bond donors (Lipinski definition) is 1. The molecule has 1 amide bonds. The lowest BCUT2D eigenvalue weighted by Crippen LogP contribution is -2.22. The van der Waals surface area contributed by atoms with Gasteiger partial charge in [0.15, 0.2) is 11.0 Å². The van der Waals surface area contributed by atoms with E-state index in [-0.39, 0.29) is 18.3 Å². The number of nitrogens with one attached hydrogen (secondary N) is 1. The van der Waals surface area contributed by atoms with Gasteiger partial charge in [0.25, 0.3) is 0 Å². The first-order valence-electron chi connectivity index (χ1n) is 7.68. The summed E-state index contributed by atoms with van der Waals surface area (Å²) in [4.78, 5) is 11.9. The minimum atomic E-state index is -0.330. The number of carbonyl (C=O) groups is 1. The zero-order valence-electron chi connectivity index (χ0n) is 14.0. The summed E-state index contributed by atoms with van der Waals surface area (Å²) in [6.07, 6.45) is 2.94. The fourth-order valence-corrected chi connectivity index (χ4v) is 2.75. The van der Waals surface area contributed by atoms with E-state index in [0.717, 1.165) is 10.9 Å². The molecule has 5 nitrogen and oxygen atoms in total. The molecule has 0 aliphatic rings. The number of nitrogens with zero attached hydrogens (tertiary/aromatic N) is 3. The topological polar surface area (TPSA) is 59.8 Å². The van der Waals surface area contributed by atoms with Gasteiger partial charge >= 0.3 is 0 Å². The molecule has 0 unspecified atom stereocenters. The largest absolute Gasteiger partial charge is 0.345 e. The van der Waals surface area contributed by atoms with E-state index < -0.39 is 0 Å². The molecule has 2 aromatic rings. The first-order valence-corrected chi connectivity index (χ1v) is 8.67. The van der Waals surface area contributed by atoms with Gasteiger partial charge in [-0.3, -0.25) is 4.79 Å². The van der Waals surface area contributed by atoms with Crippen molar-refractivity contribution in [1.29, 1.82) is 0 Å². The molecule has 0 aliphatic carbocycles. The van der Waals surface area contributed by atoms with Gasteiger partial charge in [-0.1, -0.05) is 37.7 Å². The summed E-state index contributed by atoms with van der Waals surface area (Å²) >= 11 is 1.65. The molecule has 1 aromatic heterocycles. The lowest BCUT2D eigenvalue weighted by atomic mass is 10.2. The minimum absolute atomic E-state index is 0.265. The Kier molecular flexibility index (Phi) is 6.54. The highest BCUT2D eigenvalue weighted by Crippen LogP contribution is 2.18. The Balaban J connectivity index is 1.87. The molecular weight excluding hydrogens is 327 g/mol. The van der Waals surface area contributed by atoms with Gasteiger partial charge in [-0.2, -0.15) is 0 Å². The number of thioether (sulfide) groups is 1. The van der Waals surface area contributed by atoms with Crippen molar-refractivity contribution >= 4 is 23.7 Å². The second kappa shape index (κ2) is 8.63. The number of benzene rings is 1. The quantitative estimate of drug-likeness (QED) is 0.617. The van der Waals surface area contributed by atoms with Crippen LogP contribution in [0.15, 0.2) is 35.5 Å². The highest BCUT2D eigenvalue weighted by atomic mass is 32.2. The summed E-state index contributed by atoms with van der Waals surface area (Å²) in [5, 5.41) is 11.8. The summed E-state index contributed by atoms with van der Waals surface area (Å²) in [6, 6.07) is 6.06. The van der Waals surface area contributed by atoms with Crippen molar-refractivity contribution in [1.82, 2.24) is 20.1 Å². The van der Waals surface area contributed by atoms with Gasteiger partial charge < -0.3 is 9.88 Å². The summed E-state index contributed by atoms with van der Waals surface area (Å²) < 4.78 is 14.9. The van der Waals surface area contributed by atoms with Gasteiger partial charge in [0.05, 0.1) is 6.54 Å². The van der Waals surface area contributed by atoms with E-state index in [1.54, 1.807) is 30.0 Å². The molecule has 7 heteroatoms. The third-order valence-electron chi connectivity index (χ3n) is 3.17. The Morgan fingerprint density at radius 3 is 2.92 bits per heavy atom. The molecule has 0 aliphatic heterocycles. The molecule has 0 atom stereocenters. The number of amides is 1. The lowest BCUT2D eigenvalue weighted by molar-refractivity contribution is -0.116. The highest BCUT2D eigenvalue weighted by molar-refractivity contribution is 7.99. The van der Waals surface area contributed by atoms with Crippen LogP contribution in [0.1, 0.15) is 25.2 Å². The average molecular weight is 348 g/mol. The average Bonchev–Trinajstić information content (AvgIpc) is 2.89. The minimum Gasteiger partial charge on any atom is -0.345 e. The van der Waals surface area contributed by atoms with E-state index in [4.69, 9.17) is 0 Å². The normalized spacial score (nSPS) is 11.4. The SMILES string of the molecule is CC(C)CSc1nnc(CNC(=O)/C=C/c2cccc(F)c2)n1C. The van der Waals surface area contributed by atoms with Crippen molar-refractivity contribution in [2.45, 2.75) is 25.5 Å². The van der Waals surface area contributed by atoms with Crippen molar-refractivity contribution < 1.29 is 9.18 Å². The van der Waals surface area contributed by atoms with Crippen molar-refractivity contribution in [2.75, 3.05) is 5.75 Å². The molecule has 0 fully saturated rings. The summed E-state index contributed by atoms with van der Waals surface area (Å²) in [6.45, 7) is 4.59. The predicted octanol–water partition coefficient (Wildman–Crippen LogP) is 3.03. The molecule has 0 radical (unpaired) electrons. The molecule has 0 bridgehead atoms. The maximum atomic E-state index is 13.1. The van der Waals surface area contributed by atoms with E-state index in [1.807, 2.05) is 11.6 Å². The Hall–Kier alpha value is -2.15. The van der Waals surface area contributed by atoms with Crippen molar-refractivity contribution in [3.63, 3.8) is 0 Å². The molecule has 0 saturated carbocycles. The molecule has 1 N–H and O–H groups in total. The van der Waals surface area contributed by atoms with Gasteiger partial charge in [0.1, 0.15) is 5.82 Å². The Morgan fingerprint density at radius 2 is 2.21 bits per heavy atom. The smallest absolute Gasteiger partial charge is 0.244 e. The first kappa shape index (κ1) is 18.2. The molecule has 24 heavy (non-hydrogen) atoms. The standard InChI is InChI=1S/C17H21FN4OS/c1-12(2)11-24-17-21-20-15(22(17)3)10-19-16(23)8-7-13-5-4-6-14(18)9-13/h4-9,12H,10-11H2,1-3H3,(H,19,23)/b8-7+. The van der Waals surface area contributed by atoms with Crippen LogP contribution in [-0.2, 0) is 18.4 Å². The van der Waals surface area contributed by atoms with Gasteiger partial charge in [-0.15, -0.1) is 10.2 Å². The van der Waals surface area contributed by atoms with E-state index in [0.29, 0.717) is 17.3 Å². The summed E-state index contributed by atoms with van der Waals surface area (Å²) in [5.41, 5.74) is 0.635. The monoisotopic (exact) mass is 348 g/mol. The number of aromatic nitrogens is 3. The van der Waals surface area contributed by atoms with Crippen LogP contribution in [0.5, 0.6) is 0 Å². The van der Waals surface area contributed by atoms with Crippen LogP contribution in [0, 0.1) is 11.7 Å². The van der Waals surface area contributed by atoms with Gasteiger partial charge in [-0.25, -0.2) is 4.39 Å². The first-order chi connectivity index (χ1) is 11.5. The predicted molar refractivity (Wildman–Crippen MR) is 93.8 cm³/mol. The van der Waals surface area contributed by atoms with Crippen molar-refractivity contribution in [2.24, 2.45) is 13.0 Å². The Labute approximate surface area is 145 Å². The molecule has 0 spiro atoms. The Morgan fingerprint density at radius 1 is 1.42 bits per heavy atom. The number of rotatable bonds is 7. The van der Waals surface area contributed by atoms with Crippen molar-refractivity contribution in [3.05, 3.63) is 47.5 Å². The van der Waals surface area contributed by atoms with Crippen LogP contribution in [0.3, 0.4) is 0 Å². The fourth-order valence-electron chi connectivity index (χ4n) is 1.87. The van der Waals surface area contributed by atoms with E-state index in [1.165, 1.54) is 18.2 Å². The zero-order valence-corrected chi connectivity index (χ0v) is 14.8. The third kappa shape index (κ3) is 5.49. The second-order valence-electron chi connectivity index (χ2n) is 5.77. The zero-order chi connectivity index (χ0) is 17.5. The molecule has 0 saturated heterocycles. The Bertz CT molecular complexity index is 727. The van der Waals surface area contributed by atoms with Crippen LogP contribution in [0.2, 0.25) is 0 Å². The molecule has 1 heterocycles. The summed E-state index contributed by atoms with van der Waals surface area (Å²) in [5.74, 6) is 1.63. The second-order valence-corrected chi connectivity index (χ2v) is 6.76. The number of halogens is 1. The maximum absolute atomic E-state index is 13.1. The highest BCUT2D eigenvalue weighted by Gasteiger charge is 2.10.